The largest absolute Gasteiger partial charge is 0.444 e. The molecule has 0 saturated heterocycles. The Morgan fingerprint density at radius 2 is 1.95 bits per heavy atom. The van der Waals surface area contributed by atoms with Gasteiger partial charge in [0.2, 0.25) is 0 Å². The molecule has 116 valence electrons. The van der Waals surface area contributed by atoms with Crippen molar-refractivity contribution in [2.75, 3.05) is 13.2 Å². The molecule has 1 fully saturated rings. The van der Waals surface area contributed by atoms with Gasteiger partial charge in [0, 0.05) is 13.2 Å². The number of aliphatic hydroxyl groups excluding tert-OH is 1. The molecule has 1 rings (SSSR count). The van der Waals surface area contributed by atoms with Crippen LogP contribution in [-0.2, 0) is 4.74 Å². The first-order chi connectivity index (χ1) is 9.40. The highest BCUT2D eigenvalue weighted by Crippen LogP contribution is 2.29. The average molecular weight is 283 g/mol. The zero-order valence-corrected chi connectivity index (χ0v) is 13.0. The van der Waals surface area contributed by atoms with E-state index in [0.29, 0.717) is 18.4 Å². The zero-order valence-electron chi connectivity index (χ0n) is 13.0. The summed E-state index contributed by atoms with van der Waals surface area (Å²) in [5, 5.41) is 11.6. The van der Waals surface area contributed by atoms with Gasteiger partial charge >= 0.3 is 6.09 Å². The van der Waals surface area contributed by atoms with Crippen molar-refractivity contribution in [2.24, 2.45) is 11.8 Å². The smallest absolute Gasteiger partial charge is 0.407 e. The maximum absolute atomic E-state index is 11.6. The topological polar surface area (TPSA) is 58.6 Å². The molecule has 2 N–H and O–H groups in total. The highest BCUT2D eigenvalue weighted by molar-refractivity contribution is 5.67. The van der Waals surface area contributed by atoms with Gasteiger partial charge in [0.15, 0.2) is 0 Å². The number of nitrogens with one attached hydrogen (secondary N) is 1. The Morgan fingerprint density at radius 3 is 2.50 bits per heavy atom. The van der Waals surface area contributed by atoms with Gasteiger partial charge in [-0.05, 0) is 64.7 Å². The van der Waals surface area contributed by atoms with Gasteiger partial charge in [-0.15, -0.1) is 0 Å². The molecule has 4 heteroatoms. The number of allylic oxidation sites excluding steroid dienone is 1. The first kappa shape index (κ1) is 17.0. The number of hydrogen-bond acceptors (Lipinski definition) is 3. The van der Waals surface area contributed by atoms with Crippen LogP contribution in [0.5, 0.6) is 0 Å². The minimum absolute atomic E-state index is 0.228. The molecule has 0 aromatic rings. The van der Waals surface area contributed by atoms with Gasteiger partial charge in [-0.25, -0.2) is 4.79 Å². The lowest BCUT2D eigenvalue weighted by atomic mass is 9.82. The molecule has 0 atom stereocenters. The second kappa shape index (κ2) is 8.30. The maximum atomic E-state index is 11.6. The summed E-state index contributed by atoms with van der Waals surface area (Å²) in [6.45, 7) is 6.55. The fourth-order valence-corrected chi connectivity index (χ4v) is 2.49. The Kier molecular flexibility index (Phi) is 7.06. The molecule has 1 amide bonds. The molecule has 4 nitrogen and oxygen atoms in total. The van der Waals surface area contributed by atoms with E-state index in [2.05, 4.69) is 17.5 Å². The van der Waals surface area contributed by atoms with Gasteiger partial charge in [-0.1, -0.05) is 12.2 Å². The Labute approximate surface area is 122 Å². The van der Waals surface area contributed by atoms with Crippen molar-refractivity contribution < 1.29 is 14.6 Å². The van der Waals surface area contributed by atoms with E-state index in [-0.39, 0.29) is 12.7 Å². The summed E-state index contributed by atoms with van der Waals surface area (Å²) in [5.74, 6) is 1.20. The predicted molar refractivity (Wildman–Crippen MR) is 80.5 cm³/mol. The van der Waals surface area contributed by atoms with Gasteiger partial charge in [-0.3, -0.25) is 0 Å². The highest BCUT2D eigenvalue weighted by Gasteiger charge is 2.21. The predicted octanol–water partition coefficient (Wildman–Crippen LogP) is 3.26. The van der Waals surface area contributed by atoms with Crippen LogP contribution in [0.25, 0.3) is 0 Å². The Balaban J connectivity index is 2.18. The summed E-state index contributed by atoms with van der Waals surface area (Å²) in [4.78, 5) is 11.6. The lowest BCUT2D eigenvalue weighted by Crippen LogP contribution is -2.36. The summed E-state index contributed by atoms with van der Waals surface area (Å²) in [7, 11) is 0. The summed E-state index contributed by atoms with van der Waals surface area (Å²) in [6.07, 6.45) is 9.36. The molecular formula is C16H29NO3. The second-order valence-corrected chi connectivity index (χ2v) is 6.60. The van der Waals surface area contributed by atoms with Crippen molar-refractivity contribution in [3.63, 3.8) is 0 Å². The van der Waals surface area contributed by atoms with Crippen molar-refractivity contribution in [3.8, 4) is 0 Å². The SMILES string of the molecule is CC(C)(C)OC(=O)NCC1CCC(C=CCCO)CC1. The molecule has 1 aliphatic rings. The number of rotatable bonds is 5. The van der Waals surface area contributed by atoms with Crippen LogP contribution in [0.1, 0.15) is 52.9 Å². The third-order valence-electron chi connectivity index (χ3n) is 3.53. The number of carbonyl (C=O) groups is 1. The van der Waals surface area contributed by atoms with Gasteiger partial charge in [-0.2, -0.15) is 0 Å². The number of carbonyl (C=O) groups excluding carboxylic acids is 1. The van der Waals surface area contributed by atoms with E-state index >= 15 is 0 Å². The molecule has 0 aliphatic heterocycles. The van der Waals surface area contributed by atoms with Crippen molar-refractivity contribution in [1.82, 2.24) is 5.32 Å². The fraction of sp³-hybridized carbons (Fsp3) is 0.812. The van der Waals surface area contributed by atoms with Crippen molar-refractivity contribution in [1.29, 1.82) is 0 Å². The first-order valence-electron chi connectivity index (χ1n) is 7.65. The van der Waals surface area contributed by atoms with E-state index in [0.717, 1.165) is 19.3 Å². The molecule has 0 aromatic heterocycles. The van der Waals surface area contributed by atoms with Crippen LogP contribution in [0.4, 0.5) is 4.79 Å². The van der Waals surface area contributed by atoms with E-state index in [1.54, 1.807) is 0 Å². The van der Waals surface area contributed by atoms with Gasteiger partial charge < -0.3 is 15.2 Å². The number of amides is 1. The normalized spacial score (nSPS) is 23.8. The third-order valence-corrected chi connectivity index (χ3v) is 3.53. The zero-order chi connectivity index (χ0) is 15.0. The first-order valence-corrected chi connectivity index (χ1v) is 7.65. The summed E-state index contributed by atoms with van der Waals surface area (Å²) in [6, 6.07) is 0. The van der Waals surface area contributed by atoms with Crippen LogP contribution in [0.2, 0.25) is 0 Å². The average Bonchev–Trinajstić information content (AvgIpc) is 2.36. The van der Waals surface area contributed by atoms with Crippen LogP contribution in [0.15, 0.2) is 12.2 Å². The lowest BCUT2D eigenvalue weighted by molar-refractivity contribution is 0.0514. The molecule has 0 bridgehead atoms. The van der Waals surface area contributed by atoms with Gasteiger partial charge in [0.05, 0.1) is 0 Å². The van der Waals surface area contributed by atoms with E-state index in [4.69, 9.17) is 9.84 Å². The Morgan fingerprint density at radius 1 is 1.30 bits per heavy atom. The van der Waals surface area contributed by atoms with Crippen LogP contribution in [0.3, 0.4) is 0 Å². The van der Waals surface area contributed by atoms with Gasteiger partial charge in [0.25, 0.3) is 0 Å². The Bertz CT molecular complexity index is 312. The number of aliphatic hydroxyl groups is 1. The Hall–Kier alpha value is -1.03. The van der Waals surface area contributed by atoms with E-state index in [9.17, 15) is 4.79 Å². The highest BCUT2D eigenvalue weighted by atomic mass is 16.6. The van der Waals surface area contributed by atoms with Crippen molar-refractivity contribution >= 4 is 6.09 Å². The molecule has 20 heavy (non-hydrogen) atoms. The minimum atomic E-state index is -0.431. The molecule has 0 heterocycles. The van der Waals surface area contributed by atoms with Crippen LogP contribution in [-0.4, -0.2) is 30.0 Å². The van der Waals surface area contributed by atoms with Gasteiger partial charge in [0.1, 0.15) is 5.60 Å². The second-order valence-electron chi connectivity index (χ2n) is 6.60. The number of alkyl carbamates (subject to hydrolysis) is 1. The molecule has 0 aromatic carbocycles. The monoisotopic (exact) mass is 283 g/mol. The molecule has 0 radical (unpaired) electrons. The summed E-state index contributed by atoms with van der Waals surface area (Å²) in [5.41, 5.74) is -0.431. The van der Waals surface area contributed by atoms with Crippen LogP contribution in [0, 0.1) is 11.8 Å². The quantitative estimate of drug-likeness (QED) is 0.761. The number of hydrogen-bond donors (Lipinski definition) is 2. The third kappa shape index (κ3) is 7.53. The molecular weight excluding hydrogens is 254 g/mol. The van der Waals surface area contributed by atoms with E-state index < -0.39 is 5.60 Å². The van der Waals surface area contributed by atoms with Crippen molar-refractivity contribution in [3.05, 3.63) is 12.2 Å². The molecule has 1 saturated carbocycles. The lowest BCUT2D eigenvalue weighted by Gasteiger charge is -2.27. The van der Waals surface area contributed by atoms with E-state index in [1.807, 2.05) is 20.8 Å². The summed E-state index contributed by atoms with van der Waals surface area (Å²) >= 11 is 0. The summed E-state index contributed by atoms with van der Waals surface area (Å²) < 4.78 is 5.23. The van der Waals surface area contributed by atoms with Crippen molar-refractivity contribution in [2.45, 2.75) is 58.5 Å². The molecule has 1 aliphatic carbocycles. The molecule has 0 unspecified atom stereocenters. The number of ether oxygens (including phenoxy) is 1. The fourth-order valence-electron chi connectivity index (χ4n) is 2.49. The van der Waals surface area contributed by atoms with Crippen LogP contribution >= 0.6 is 0 Å². The standard InChI is InChI=1S/C16H29NO3/c1-16(2,3)20-15(19)17-12-14-9-7-13(8-10-14)6-4-5-11-18/h4,6,13-14,18H,5,7-12H2,1-3H3,(H,17,19). The molecule has 0 spiro atoms. The maximum Gasteiger partial charge on any atom is 0.407 e. The van der Waals surface area contributed by atoms with E-state index in [1.165, 1.54) is 12.8 Å². The van der Waals surface area contributed by atoms with Crippen LogP contribution < -0.4 is 5.32 Å². The minimum Gasteiger partial charge on any atom is -0.444 e.